The third-order valence-electron chi connectivity index (χ3n) is 3.94. The largest absolute Gasteiger partial charge is 0.341 e. The minimum absolute atomic E-state index is 0.0457. The number of pyridine rings is 2. The van der Waals surface area contributed by atoms with E-state index in [0.717, 1.165) is 17.7 Å². The molecular formula is C20H19ClN4O. The molecule has 0 unspecified atom stereocenters. The fraction of sp³-hybridized carbons (Fsp3) is 0.150. The lowest BCUT2D eigenvalue weighted by Gasteiger charge is -2.17. The Morgan fingerprint density at radius 1 is 1.12 bits per heavy atom. The van der Waals surface area contributed by atoms with E-state index >= 15 is 0 Å². The molecular weight excluding hydrogens is 348 g/mol. The van der Waals surface area contributed by atoms with Gasteiger partial charge in [0, 0.05) is 48.5 Å². The summed E-state index contributed by atoms with van der Waals surface area (Å²) in [6, 6.07) is 14.7. The zero-order valence-corrected chi connectivity index (χ0v) is 15.1. The Bertz CT molecular complexity index is 886. The van der Waals surface area contributed by atoms with Crippen LogP contribution in [0.2, 0.25) is 5.02 Å². The number of amides is 1. The first-order valence-corrected chi connectivity index (χ1v) is 8.62. The number of halogens is 1. The van der Waals surface area contributed by atoms with E-state index in [4.69, 9.17) is 11.6 Å². The summed E-state index contributed by atoms with van der Waals surface area (Å²) in [4.78, 5) is 22.6. The van der Waals surface area contributed by atoms with Gasteiger partial charge in [-0.2, -0.15) is 0 Å². The van der Waals surface area contributed by atoms with Gasteiger partial charge >= 0.3 is 0 Å². The highest BCUT2D eigenvalue weighted by atomic mass is 35.5. The number of nitrogens with zero attached hydrogens (tertiary/aromatic N) is 3. The summed E-state index contributed by atoms with van der Waals surface area (Å²) < 4.78 is 0. The molecule has 2 heterocycles. The van der Waals surface area contributed by atoms with Crippen LogP contribution >= 0.6 is 11.6 Å². The fourth-order valence-electron chi connectivity index (χ4n) is 2.51. The van der Waals surface area contributed by atoms with Gasteiger partial charge in [-0.25, -0.2) is 4.98 Å². The van der Waals surface area contributed by atoms with Gasteiger partial charge in [-0.15, -0.1) is 0 Å². The summed E-state index contributed by atoms with van der Waals surface area (Å²) >= 11 is 5.99. The summed E-state index contributed by atoms with van der Waals surface area (Å²) in [7, 11) is 1.80. The van der Waals surface area contributed by atoms with Crippen LogP contribution < -0.4 is 5.32 Å². The van der Waals surface area contributed by atoms with Gasteiger partial charge in [0.25, 0.3) is 5.91 Å². The highest BCUT2D eigenvalue weighted by Crippen LogP contribution is 2.19. The Morgan fingerprint density at radius 3 is 2.69 bits per heavy atom. The Hall–Kier alpha value is -2.92. The number of anilines is 2. The first kappa shape index (κ1) is 17.9. The van der Waals surface area contributed by atoms with Crippen LogP contribution in [0.3, 0.4) is 0 Å². The highest BCUT2D eigenvalue weighted by molar-refractivity contribution is 6.30. The van der Waals surface area contributed by atoms with Gasteiger partial charge in [0.15, 0.2) is 0 Å². The van der Waals surface area contributed by atoms with Crippen LogP contribution in [0.5, 0.6) is 0 Å². The summed E-state index contributed by atoms with van der Waals surface area (Å²) in [5.74, 6) is 0.552. The van der Waals surface area contributed by atoms with E-state index in [0.29, 0.717) is 22.9 Å². The number of benzene rings is 1. The molecule has 0 saturated carbocycles. The molecule has 6 heteroatoms. The van der Waals surface area contributed by atoms with Crippen molar-refractivity contribution in [3.05, 3.63) is 83.3 Å². The zero-order chi connectivity index (χ0) is 18.4. The molecule has 1 amide bonds. The Labute approximate surface area is 157 Å². The van der Waals surface area contributed by atoms with E-state index in [-0.39, 0.29) is 5.91 Å². The molecule has 1 N–H and O–H groups in total. The van der Waals surface area contributed by atoms with Crippen LogP contribution in [0, 0.1) is 0 Å². The predicted octanol–water partition coefficient (Wildman–Crippen LogP) is 4.19. The van der Waals surface area contributed by atoms with Crippen LogP contribution in [0.1, 0.15) is 15.9 Å². The van der Waals surface area contributed by atoms with Crippen LogP contribution in [-0.2, 0) is 6.42 Å². The number of hydrogen-bond acceptors (Lipinski definition) is 4. The van der Waals surface area contributed by atoms with E-state index in [1.54, 1.807) is 54.8 Å². The van der Waals surface area contributed by atoms with Gasteiger partial charge in [-0.05, 0) is 54.4 Å². The number of carbonyl (C=O) groups is 1. The third-order valence-corrected chi connectivity index (χ3v) is 4.17. The predicted molar refractivity (Wildman–Crippen MR) is 104 cm³/mol. The van der Waals surface area contributed by atoms with Gasteiger partial charge in [-0.3, -0.25) is 9.78 Å². The third kappa shape index (κ3) is 4.80. The Kier molecular flexibility index (Phi) is 5.81. The monoisotopic (exact) mass is 366 g/mol. The van der Waals surface area contributed by atoms with Gasteiger partial charge in [0.05, 0.1) is 0 Å². The first-order valence-electron chi connectivity index (χ1n) is 8.25. The molecule has 0 bridgehead atoms. The van der Waals surface area contributed by atoms with Crippen molar-refractivity contribution in [1.82, 2.24) is 14.9 Å². The maximum Gasteiger partial charge on any atom is 0.253 e. The number of aromatic nitrogens is 2. The quantitative estimate of drug-likeness (QED) is 0.710. The maximum atomic E-state index is 12.7. The lowest BCUT2D eigenvalue weighted by atomic mass is 10.2. The molecule has 5 nitrogen and oxygen atoms in total. The molecule has 0 saturated heterocycles. The maximum absolute atomic E-state index is 12.7. The molecule has 132 valence electrons. The SMILES string of the molecule is CN(CCc1ccncc1)C(=O)c1ccnc(Nc2cccc(Cl)c2)c1. The van der Waals surface area contributed by atoms with Gasteiger partial charge in [0.2, 0.25) is 0 Å². The molecule has 26 heavy (non-hydrogen) atoms. The van der Waals surface area contributed by atoms with Crippen molar-refractivity contribution in [1.29, 1.82) is 0 Å². The molecule has 0 fully saturated rings. The van der Waals surface area contributed by atoms with Crippen molar-refractivity contribution < 1.29 is 4.79 Å². The summed E-state index contributed by atoms with van der Waals surface area (Å²) in [5, 5.41) is 3.80. The smallest absolute Gasteiger partial charge is 0.253 e. The Balaban J connectivity index is 1.65. The molecule has 3 aromatic rings. The van der Waals surface area contributed by atoms with Crippen LogP contribution in [0.25, 0.3) is 0 Å². The molecule has 0 aliphatic rings. The fourth-order valence-corrected chi connectivity index (χ4v) is 2.70. The second kappa shape index (κ2) is 8.45. The summed E-state index contributed by atoms with van der Waals surface area (Å²) in [6.45, 7) is 0.627. The van der Waals surface area contributed by atoms with Crippen LogP contribution in [0.4, 0.5) is 11.5 Å². The standard InChI is InChI=1S/C20H19ClN4O/c1-25(12-8-15-5-9-22-10-6-15)20(26)16-7-11-23-19(13-16)24-18-4-2-3-17(21)14-18/h2-7,9-11,13-14H,8,12H2,1H3,(H,23,24). The number of carbonyl (C=O) groups excluding carboxylic acids is 1. The minimum Gasteiger partial charge on any atom is -0.341 e. The molecule has 0 aliphatic heterocycles. The van der Waals surface area contributed by atoms with Crippen molar-refractivity contribution in [2.75, 3.05) is 18.9 Å². The average Bonchev–Trinajstić information content (AvgIpc) is 2.66. The van der Waals surface area contributed by atoms with Crippen molar-refractivity contribution in [2.24, 2.45) is 0 Å². The van der Waals surface area contributed by atoms with E-state index in [1.807, 2.05) is 24.3 Å². The van der Waals surface area contributed by atoms with E-state index < -0.39 is 0 Å². The molecule has 0 atom stereocenters. The number of hydrogen-bond donors (Lipinski definition) is 1. The number of likely N-dealkylation sites (N-methyl/N-ethyl adjacent to an activating group) is 1. The number of rotatable bonds is 6. The van der Waals surface area contributed by atoms with Crippen molar-refractivity contribution in [3.8, 4) is 0 Å². The summed E-state index contributed by atoms with van der Waals surface area (Å²) in [5.41, 5.74) is 2.56. The van der Waals surface area contributed by atoms with Gasteiger partial charge in [0.1, 0.15) is 5.82 Å². The van der Waals surface area contributed by atoms with Crippen molar-refractivity contribution >= 4 is 29.0 Å². The molecule has 2 aromatic heterocycles. The summed E-state index contributed by atoms with van der Waals surface area (Å²) in [6.07, 6.45) is 5.92. The molecule has 0 aliphatic carbocycles. The lowest BCUT2D eigenvalue weighted by Crippen LogP contribution is -2.28. The van der Waals surface area contributed by atoms with E-state index in [1.165, 1.54) is 0 Å². The van der Waals surface area contributed by atoms with E-state index in [2.05, 4.69) is 15.3 Å². The van der Waals surface area contributed by atoms with Crippen LogP contribution in [-0.4, -0.2) is 34.4 Å². The average molecular weight is 367 g/mol. The van der Waals surface area contributed by atoms with Crippen molar-refractivity contribution in [2.45, 2.75) is 6.42 Å². The lowest BCUT2D eigenvalue weighted by molar-refractivity contribution is 0.0796. The number of nitrogens with one attached hydrogen (secondary N) is 1. The zero-order valence-electron chi connectivity index (χ0n) is 14.4. The van der Waals surface area contributed by atoms with Crippen molar-refractivity contribution in [3.63, 3.8) is 0 Å². The molecule has 0 radical (unpaired) electrons. The molecule has 0 spiro atoms. The highest BCUT2D eigenvalue weighted by Gasteiger charge is 2.12. The normalized spacial score (nSPS) is 10.4. The molecule has 3 rings (SSSR count). The second-order valence-corrected chi connectivity index (χ2v) is 6.33. The minimum atomic E-state index is -0.0457. The Morgan fingerprint density at radius 2 is 1.92 bits per heavy atom. The van der Waals surface area contributed by atoms with Gasteiger partial charge in [-0.1, -0.05) is 17.7 Å². The topological polar surface area (TPSA) is 58.1 Å². The second-order valence-electron chi connectivity index (χ2n) is 5.90. The first-order chi connectivity index (χ1) is 12.6. The molecule has 1 aromatic carbocycles. The van der Waals surface area contributed by atoms with E-state index in [9.17, 15) is 4.79 Å². The van der Waals surface area contributed by atoms with Gasteiger partial charge < -0.3 is 10.2 Å². The van der Waals surface area contributed by atoms with Crippen LogP contribution in [0.15, 0.2) is 67.1 Å².